The van der Waals surface area contributed by atoms with Crippen LogP contribution in [0.15, 0.2) is 0 Å². The lowest BCUT2D eigenvalue weighted by Gasteiger charge is -2.46. The van der Waals surface area contributed by atoms with Crippen molar-refractivity contribution >= 4 is 5.91 Å². The van der Waals surface area contributed by atoms with Crippen LogP contribution < -0.4 is 5.32 Å². The third-order valence-electron chi connectivity index (χ3n) is 3.66. The van der Waals surface area contributed by atoms with E-state index in [1.165, 1.54) is 0 Å². The van der Waals surface area contributed by atoms with Gasteiger partial charge in [0, 0.05) is 58.3 Å². The van der Waals surface area contributed by atoms with Crippen LogP contribution in [-0.4, -0.2) is 86.6 Å². The number of rotatable bonds is 4. The van der Waals surface area contributed by atoms with Gasteiger partial charge in [0.15, 0.2) is 0 Å². The van der Waals surface area contributed by atoms with Gasteiger partial charge in [-0.05, 0) is 14.1 Å². The number of nitrogens with one attached hydrogen (secondary N) is 1. The maximum absolute atomic E-state index is 11.8. The smallest absolute Gasteiger partial charge is 0.223 e. The van der Waals surface area contributed by atoms with Gasteiger partial charge in [-0.15, -0.1) is 0 Å². The van der Waals surface area contributed by atoms with Gasteiger partial charge >= 0.3 is 0 Å². The second-order valence-corrected chi connectivity index (χ2v) is 5.29. The number of nitrogens with zero attached hydrogens (tertiary/aromatic N) is 3. The first kappa shape index (κ1) is 12.8. The molecular weight excluding hydrogens is 216 g/mol. The molecule has 17 heavy (non-hydrogen) atoms. The molecule has 1 amide bonds. The fourth-order valence-corrected chi connectivity index (χ4v) is 2.41. The van der Waals surface area contributed by atoms with E-state index in [1.54, 1.807) is 0 Å². The van der Waals surface area contributed by atoms with Crippen LogP contribution in [-0.2, 0) is 4.79 Å². The number of carbonyl (C=O) groups is 1. The molecule has 0 aromatic carbocycles. The van der Waals surface area contributed by atoms with E-state index in [2.05, 4.69) is 15.1 Å². The summed E-state index contributed by atoms with van der Waals surface area (Å²) < 4.78 is 0. The molecule has 0 aromatic heterocycles. The Bertz CT molecular complexity index is 257. The van der Waals surface area contributed by atoms with Crippen molar-refractivity contribution in [2.24, 2.45) is 0 Å². The van der Waals surface area contributed by atoms with Crippen LogP contribution in [0.5, 0.6) is 0 Å². The number of hydrogen-bond donors (Lipinski definition) is 1. The Hall–Kier alpha value is -0.650. The first-order chi connectivity index (χ1) is 8.16. The molecule has 0 aliphatic carbocycles. The summed E-state index contributed by atoms with van der Waals surface area (Å²) in [6.45, 7) is 7.16. The van der Waals surface area contributed by atoms with Crippen molar-refractivity contribution in [1.29, 1.82) is 0 Å². The van der Waals surface area contributed by atoms with Gasteiger partial charge in [-0.3, -0.25) is 9.69 Å². The molecule has 0 spiro atoms. The molecule has 2 fully saturated rings. The van der Waals surface area contributed by atoms with Crippen molar-refractivity contribution in [3.05, 3.63) is 0 Å². The van der Waals surface area contributed by atoms with E-state index in [0.717, 1.165) is 45.8 Å². The summed E-state index contributed by atoms with van der Waals surface area (Å²) in [5, 5.41) is 3.36. The van der Waals surface area contributed by atoms with Crippen LogP contribution in [0.1, 0.15) is 6.42 Å². The van der Waals surface area contributed by atoms with E-state index in [4.69, 9.17) is 0 Å². The third kappa shape index (κ3) is 3.40. The highest BCUT2D eigenvalue weighted by Crippen LogP contribution is 2.16. The fraction of sp³-hybridized carbons (Fsp3) is 0.917. The average molecular weight is 240 g/mol. The van der Waals surface area contributed by atoms with Gasteiger partial charge in [-0.2, -0.15) is 0 Å². The molecule has 2 aliphatic heterocycles. The van der Waals surface area contributed by atoms with Crippen molar-refractivity contribution in [3.63, 3.8) is 0 Å². The van der Waals surface area contributed by atoms with Crippen LogP contribution in [0.2, 0.25) is 0 Å². The lowest BCUT2D eigenvalue weighted by atomic mass is 10.1. The number of likely N-dealkylation sites (tertiary alicyclic amines) is 1. The second kappa shape index (κ2) is 5.80. The van der Waals surface area contributed by atoms with E-state index in [-0.39, 0.29) is 0 Å². The summed E-state index contributed by atoms with van der Waals surface area (Å²) in [6.07, 6.45) is 0.654. The van der Waals surface area contributed by atoms with Gasteiger partial charge in [0.25, 0.3) is 0 Å². The molecule has 0 saturated carbocycles. The minimum Gasteiger partial charge on any atom is -0.339 e. The average Bonchev–Trinajstić information content (AvgIpc) is 2.26. The Morgan fingerprint density at radius 3 is 2.53 bits per heavy atom. The fourth-order valence-electron chi connectivity index (χ4n) is 2.41. The van der Waals surface area contributed by atoms with Crippen LogP contribution in [0, 0.1) is 0 Å². The monoisotopic (exact) mass is 240 g/mol. The molecule has 2 aliphatic rings. The highest BCUT2D eigenvalue weighted by atomic mass is 16.2. The molecule has 1 N–H and O–H groups in total. The van der Waals surface area contributed by atoms with Crippen molar-refractivity contribution in [1.82, 2.24) is 20.0 Å². The summed E-state index contributed by atoms with van der Waals surface area (Å²) in [4.78, 5) is 18.4. The molecule has 2 saturated heterocycles. The highest BCUT2D eigenvalue weighted by Gasteiger charge is 2.34. The quantitative estimate of drug-likeness (QED) is 0.688. The predicted octanol–water partition coefficient (Wildman–Crippen LogP) is -0.946. The van der Waals surface area contributed by atoms with Gasteiger partial charge in [0.1, 0.15) is 0 Å². The molecule has 98 valence electrons. The van der Waals surface area contributed by atoms with Gasteiger partial charge in [0.05, 0.1) is 0 Å². The molecule has 2 heterocycles. The van der Waals surface area contributed by atoms with Crippen LogP contribution in [0.25, 0.3) is 0 Å². The first-order valence-electron chi connectivity index (χ1n) is 6.54. The van der Waals surface area contributed by atoms with Crippen molar-refractivity contribution in [2.45, 2.75) is 12.5 Å². The Morgan fingerprint density at radius 2 is 1.94 bits per heavy atom. The zero-order chi connectivity index (χ0) is 12.3. The Labute approximate surface area is 104 Å². The molecule has 0 bridgehead atoms. The predicted molar refractivity (Wildman–Crippen MR) is 68.0 cm³/mol. The molecule has 2 rings (SSSR count). The topological polar surface area (TPSA) is 38.8 Å². The summed E-state index contributed by atoms with van der Waals surface area (Å²) >= 11 is 0. The summed E-state index contributed by atoms with van der Waals surface area (Å²) in [5.41, 5.74) is 0. The minimum absolute atomic E-state index is 0.310. The molecule has 0 unspecified atom stereocenters. The standard InChI is InChI=1S/C12H24N4O/c1-14(2)6-3-12(17)16-9-11(10-16)15-7-4-13-5-8-15/h11,13H,3-10H2,1-2H3. The van der Waals surface area contributed by atoms with Gasteiger partial charge in [0.2, 0.25) is 5.91 Å². The van der Waals surface area contributed by atoms with E-state index >= 15 is 0 Å². The molecule has 0 aromatic rings. The van der Waals surface area contributed by atoms with Gasteiger partial charge in [-0.1, -0.05) is 0 Å². The minimum atomic E-state index is 0.310. The maximum Gasteiger partial charge on any atom is 0.223 e. The van der Waals surface area contributed by atoms with Crippen molar-refractivity contribution in [3.8, 4) is 0 Å². The maximum atomic E-state index is 11.8. The largest absolute Gasteiger partial charge is 0.339 e. The van der Waals surface area contributed by atoms with E-state index in [9.17, 15) is 4.79 Å². The lowest BCUT2D eigenvalue weighted by molar-refractivity contribution is -0.139. The van der Waals surface area contributed by atoms with E-state index in [1.807, 2.05) is 19.0 Å². The Balaban J connectivity index is 1.65. The zero-order valence-corrected chi connectivity index (χ0v) is 11.0. The number of hydrogen-bond acceptors (Lipinski definition) is 4. The number of amides is 1. The Morgan fingerprint density at radius 1 is 1.29 bits per heavy atom. The zero-order valence-electron chi connectivity index (χ0n) is 11.0. The highest BCUT2D eigenvalue weighted by molar-refractivity contribution is 5.77. The lowest BCUT2D eigenvalue weighted by Crippen LogP contribution is -2.64. The van der Waals surface area contributed by atoms with Crippen LogP contribution in [0.3, 0.4) is 0 Å². The first-order valence-corrected chi connectivity index (χ1v) is 6.54. The number of piperazine rings is 1. The molecule has 0 atom stereocenters. The summed E-state index contributed by atoms with van der Waals surface area (Å²) in [7, 11) is 4.01. The van der Waals surface area contributed by atoms with Crippen molar-refractivity contribution < 1.29 is 4.79 Å². The van der Waals surface area contributed by atoms with Crippen LogP contribution >= 0.6 is 0 Å². The van der Waals surface area contributed by atoms with Crippen molar-refractivity contribution in [2.75, 3.05) is 59.9 Å². The SMILES string of the molecule is CN(C)CCC(=O)N1CC(N2CCNCC2)C1. The van der Waals surface area contributed by atoms with E-state index in [0.29, 0.717) is 18.4 Å². The second-order valence-electron chi connectivity index (χ2n) is 5.29. The molecule has 0 radical (unpaired) electrons. The van der Waals surface area contributed by atoms with E-state index < -0.39 is 0 Å². The molecular formula is C12H24N4O. The number of carbonyl (C=O) groups excluding carboxylic acids is 1. The molecule has 5 nitrogen and oxygen atoms in total. The third-order valence-corrected chi connectivity index (χ3v) is 3.66. The summed E-state index contributed by atoms with van der Waals surface area (Å²) in [5.74, 6) is 0.310. The Kier molecular flexibility index (Phi) is 4.36. The summed E-state index contributed by atoms with van der Waals surface area (Å²) in [6, 6.07) is 0.611. The van der Waals surface area contributed by atoms with Gasteiger partial charge in [-0.25, -0.2) is 0 Å². The molecule has 5 heteroatoms. The van der Waals surface area contributed by atoms with Crippen LogP contribution in [0.4, 0.5) is 0 Å². The normalized spacial score (nSPS) is 22.9. The van der Waals surface area contributed by atoms with Gasteiger partial charge < -0.3 is 15.1 Å².